The Labute approximate surface area is 71.4 Å². The Hall–Kier alpha value is -0.150. The molecule has 0 radical (unpaired) electrons. The van der Waals surface area contributed by atoms with Crippen molar-refractivity contribution in [2.24, 2.45) is 0 Å². The van der Waals surface area contributed by atoms with Crippen LogP contribution >= 0.6 is 27.5 Å². The van der Waals surface area contributed by atoms with Gasteiger partial charge in [-0.25, -0.2) is 4.98 Å². The number of pyridine rings is 1. The topological polar surface area (TPSA) is 12.9 Å². The van der Waals surface area contributed by atoms with Crippen LogP contribution in [-0.2, 0) is 5.88 Å². The molecule has 0 saturated heterocycles. The van der Waals surface area contributed by atoms with E-state index in [2.05, 4.69) is 20.9 Å². The molecule has 0 spiro atoms. The zero-order chi connectivity index (χ0) is 7.56. The minimum Gasteiger partial charge on any atom is -0.228 e. The molecule has 1 aromatic rings. The first-order valence-electron chi connectivity index (χ1n) is 2.60. The number of nitrogens with zero attached hydrogens (tertiary/aromatic N) is 1. The summed E-state index contributed by atoms with van der Waals surface area (Å²) < 4.78 is 13.0. The van der Waals surface area contributed by atoms with Gasteiger partial charge in [-0.15, -0.1) is 11.6 Å². The Morgan fingerprint density at radius 3 is 2.90 bits per heavy atom. The van der Waals surface area contributed by atoms with Gasteiger partial charge in [0.1, 0.15) is 0 Å². The van der Waals surface area contributed by atoms with Crippen LogP contribution in [0.4, 0.5) is 4.39 Å². The van der Waals surface area contributed by atoms with E-state index in [1.54, 1.807) is 0 Å². The van der Waals surface area contributed by atoms with E-state index < -0.39 is 5.95 Å². The van der Waals surface area contributed by atoms with Gasteiger partial charge in [-0.05, 0) is 5.56 Å². The molecule has 1 rings (SSSR count). The fourth-order valence-corrected chi connectivity index (χ4v) is 1.34. The number of halogens is 3. The quantitative estimate of drug-likeness (QED) is 0.528. The summed E-state index contributed by atoms with van der Waals surface area (Å²) >= 11 is 8.63. The number of hydrogen-bond donors (Lipinski definition) is 0. The van der Waals surface area contributed by atoms with Crippen LogP contribution in [0, 0.1) is 5.95 Å². The third-order valence-corrected chi connectivity index (χ3v) is 2.07. The van der Waals surface area contributed by atoms with E-state index in [4.69, 9.17) is 11.6 Å². The standard InChI is InChI=1S/C6H4BrClFN/c7-5-1-6(9)10-3-4(5)2-8/h1,3H,2H2. The van der Waals surface area contributed by atoms with Crippen LogP contribution < -0.4 is 0 Å². The molecule has 10 heavy (non-hydrogen) atoms. The van der Waals surface area contributed by atoms with Gasteiger partial charge in [0.15, 0.2) is 0 Å². The molecule has 0 amide bonds. The molecule has 0 aromatic carbocycles. The van der Waals surface area contributed by atoms with Gasteiger partial charge in [0.2, 0.25) is 5.95 Å². The Bertz CT molecular complexity index is 241. The molecule has 0 aliphatic heterocycles. The van der Waals surface area contributed by atoms with E-state index in [0.717, 1.165) is 5.56 Å². The smallest absolute Gasteiger partial charge is 0.213 e. The molecule has 1 heterocycles. The molecule has 0 bridgehead atoms. The van der Waals surface area contributed by atoms with E-state index in [-0.39, 0.29) is 0 Å². The molecule has 0 atom stereocenters. The summed E-state index contributed by atoms with van der Waals surface area (Å²) in [5, 5.41) is 0. The summed E-state index contributed by atoms with van der Waals surface area (Å²) in [4.78, 5) is 3.43. The molecule has 0 fully saturated rings. The van der Waals surface area contributed by atoms with Gasteiger partial charge in [-0.2, -0.15) is 4.39 Å². The Morgan fingerprint density at radius 2 is 2.40 bits per heavy atom. The predicted molar refractivity (Wildman–Crippen MR) is 41.5 cm³/mol. The van der Waals surface area contributed by atoms with Crippen LogP contribution in [0.15, 0.2) is 16.7 Å². The fourth-order valence-electron chi connectivity index (χ4n) is 0.534. The van der Waals surface area contributed by atoms with Crippen molar-refractivity contribution in [2.75, 3.05) is 0 Å². The van der Waals surface area contributed by atoms with Crippen molar-refractivity contribution < 1.29 is 4.39 Å². The highest BCUT2D eigenvalue weighted by Gasteiger charge is 1.99. The van der Waals surface area contributed by atoms with Crippen molar-refractivity contribution in [1.29, 1.82) is 0 Å². The Kier molecular flexibility index (Phi) is 2.63. The number of rotatable bonds is 1. The van der Waals surface area contributed by atoms with Gasteiger partial charge in [-0.3, -0.25) is 0 Å². The summed E-state index contributed by atoms with van der Waals surface area (Å²) in [5.41, 5.74) is 0.795. The first kappa shape index (κ1) is 7.95. The minimum absolute atomic E-state index is 0.341. The lowest BCUT2D eigenvalue weighted by Crippen LogP contribution is -1.86. The maximum absolute atomic E-state index is 12.3. The van der Waals surface area contributed by atoms with Crippen LogP contribution in [-0.4, -0.2) is 4.98 Å². The number of aromatic nitrogens is 1. The molecule has 0 saturated carbocycles. The van der Waals surface area contributed by atoms with Crippen molar-refractivity contribution in [3.05, 3.63) is 28.2 Å². The van der Waals surface area contributed by atoms with Crippen molar-refractivity contribution in [2.45, 2.75) is 5.88 Å². The van der Waals surface area contributed by atoms with Crippen LogP contribution in [0.25, 0.3) is 0 Å². The second kappa shape index (κ2) is 3.30. The van der Waals surface area contributed by atoms with E-state index >= 15 is 0 Å². The van der Waals surface area contributed by atoms with Gasteiger partial charge < -0.3 is 0 Å². The van der Waals surface area contributed by atoms with Crippen molar-refractivity contribution in [3.8, 4) is 0 Å². The summed E-state index contributed by atoms with van der Waals surface area (Å²) in [5.74, 6) is -0.158. The van der Waals surface area contributed by atoms with Crippen LogP contribution in [0.3, 0.4) is 0 Å². The summed E-state index contributed by atoms with van der Waals surface area (Å²) in [6.07, 6.45) is 1.41. The molecule has 0 N–H and O–H groups in total. The van der Waals surface area contributed by atoms with Gasteiger partial charge in [0, 0.05) is 16.7 Å². The van der Waals surface area contributed by atoms with Gasteiger partial charge >= 0.3 is 0 Å². The lowest BCUT2D eigenvalue weighted by atomic mass is 10.3. The largest absolute Gasteiger partial charge is 0.228 e. The first-order valence-corrected chi connectivity index (χ1v) is 3.92. The van der Waals surface area contributed by atoms with Crippen molar-refractivity contribution in [1.82, 2.24) is 4.98 Å². The molecule has 0 unspecified atom stereocenters. The van der Waals surface area contributed by atoms with Crippen LogP contribution in [0.1, 0.15) is 5.56 Å². The average Bonchev–Trinajstić information content (AvgIpc) is 1.88. The normalized spacial score (nSPS) is 9.90. The van der Waals surface area contributed by atoms with Crippen molar-refractivity contribution in [3.63, 3.8) is 0 Å². The average molecular weight is 224 g/mol. The summed E-state index contributed by atoms with van der Waals surface area (Å²) in [7, 11) is 0. The fraction of sp³-hybridized carbons (Fsp3) is 0.167. The molecule has 54 valence electrons. The first-order chi connectivity index (χ1) is 4.74. The lowest BCUT2D eigenvalue weighted by Gasteiger charge is -1.96. The highest BCUT2D eigenvalue weighted by Crippen LogP contribution is 2.17. The highest BCUT2D eigenvalue weighted by atomic mass is 79.9. The van der Waals surface area contributed by atoms with E-state index in [9.17, 15) is 4.39 Å². The third kappa shape index (κ3) is 1.67. The van der Waals surface area contributed by atoms with E-state index in [1.807, 2.05) is 0 Å². The van der Waals surface area contributed by atoms with Gasteiger partial charge in [-0.1, -0.05) is 15.9 Å². The number of alkyl halides is 1. The molecular weight excluding hydrogens is 220 g/mol. The molecule has 1 aromatic heterocycles. The molecule has 1 nitrogen and oxygen atoms in total. The predicted octanol–water partition coefficient (Wildman–Crippen LogP) is 2.72. The third-order valence-electron chi connectivity index (χ3n) is 1.04. The van der Waals surface area contributed by atoms with Gasteiger partial charge in [0.05, 0.1) is 5.88 Å². The van der Waals surface area contributed by atoms with Gasteiger partial charge in [0.25, 0.3) is 0 Å². The van der Waals surface area contributed by atoms with Crippen molar-refractivity contribution >= 4 is 27.5 Å². The summed E-state index contributed by atoms with van der Waals surface area (Å²) in [6, 6.07) is 1.29. The maximum atomic E-state index is 12.3. The van der Waals surface area contributed by atoms with Crippen LogP contribution in [0.5, 0.6) is 0 Å². The monoisotopic (exact) mass is 223 g/mol. The molecule has 4 heteroatoms. The Balaban J connectivity index is 3.07. The molecule has 0 aliphatic rings. The molecular formula is C6H4BrClFN. The molecule has 0 aliphatic carbocycles. The van der Waals surface area contributed by atoms with E-state index in [0.29, 0.717) is 10.4 Å². The Morgan fingerprint density at radius 1 is 1.70 bits per heavy atom. The zero-order valence-electron chi connectivity index (χ0n) is 4.94. The second-order valence-corrected chi connectivity index (χ2v) is 2.85. The SMILES string of the molecule is Fc1cc(Br)c(CCl)cn1. The number of hydrogen-bond acceptors (Lipinski definition) is 1. The second-order valence-electron chi connectivity index (χ2n) is 1.73. The van der Waals surface area contributed by atoms with E-state index in [1.165, 1.54) is 12.3 Å². The lowest BCUT2D eigenvalue weighted by molar-refractivity contribution is 0.581. The summed E-state index contributed by atoms with van der Waals surface area (Å²) in [6.45, 7) is 0. The highest BCUT2D eigenvalue weighted by molar-refractivity contribution is 9.10. The minimum atomic E-state index is -0.499. The van der Waals surface area contributed by atoms with Crippen LogP contribution in [0.2, 0.25) is 0 Å². The maximum Gasteiger partial charge on any atom is 0.213 e. The zero-order valence-corrected chi connectivity index (χ0v) is 7.28.